The number of amides is 2. The second-order valence-electron chi connectivity index (χ2n) is 11.3. The number of carbonyl (C=O) groups excluding carboxylic acids is 2. The Morgan fingerprint density at radius 1 is 1.20 bits per heavy atom. The molecule has 3 aliphatic rings. The van der Waals surface area contributed by atoms with Gasteiger partial charge >= 0.3 is 5.51 Å². The molecule has 1 aliphatic carbocycles. The molecule has 2 aliphatic heterocycles. The number of likely N-dealkylation sites (tertiary alicyclic amines) is 1. The molecule has 1 atom stereocenters. The number of rotatable bonds is 6. The Kier molecular flexibility index (Phi) is 12.6. The van der Waals surface area contributed by atoms with Gasteiger partial charge in [0.15, 0.2) is 0 Å². The maximum Gasteiger partial charge on any atom is 0.447 e. The van der Waals surface area contributed by atoms with E-state index >= 15 is 0 Å². The number of anilines is 2. The van der Waals surface area contributed by atoms with Crippen LogP contribution in [0.25, 0.3) is 0 Å². The zero-order valence-electron chi connectivity index (χ0n) is 26.5. The number of phenols is 1. The molecule has 2 aromatic rings. The third-order valence-electron chi connectivity index (χ3n) is 7.93. The third kappa shape index (κ3) is 8.78. The molecule has 2 fully saturated rings. The molecule has 0 bridgehead atoms. The number of nitrogens with zero attached hydrogens (tertiary/aromatic N) is 4. The summed E-state index contributed by atoms with van der Waals surface area (Å²) in [6, 6.07) is 6.33. The highest BCUT2D eigenvalue weighted by atomic mass is 32.2. The predicted octanol–water partition coefficient (Wildman–Crippen LogP) is 6.94. The zero-order chi connectivity index (χ0) is 34.2. The van der Waals surface area contributed by atoms with Crippen LogP contribution in [-0.4, -0.2) is 69.9 Å². The van der Waals surface area contributed by atoms with Crippen molar-refractivity contribution in [2.45, 2.75) is 74.9 Å². The summed E-state index contributed by atoms with van der Waals surface area (Å²) >= 11 is -0.397. The normalized spacial score (nSPS) is 17.8. The molecule has 248 valence electrons. The highest BCUT2D eigenvalue weighted by Crippen LogP contribution is 2.44. The number of aromatic hydroxyl groups is 1. The highest BCUT2D eigenvalue weighted by molar-refractivity contribution is 8.00. The number of fused-ring (bicyclic) bond motifs is 1. The Balaban J connectivity index is 0.00000109. The Labute approximate surface area is 273 Å². The first-order valence-corrected chi connectivity index (χ1v) is 16.1. The van der Waals surface area contributed by atoms with E-state index in [-0.39, 0.29) is 41.0 Å². The molecule has 0 radical (unpaired) electrons. The van der Waals surface area contributed by atoms with Gasteiger partial charge in [0.25, 0.3) is 5.91 Å². The lowest BCUT2D eigenvalue weighted by Gasteiger charge is -2.42. The minimum Gasteiger partial charge on any atom is -0.506 e. The van der Waals surface area contributed by atoms with Gasteiger partial charge in [-0.05, 0) is 67.0 Å². The van der Waals surface area contributed by atoms with Crippen molar-refractivity contribution >= 4 is 35.0 Å². The lowest BCUT2D eigenvalue weighted by Crippen LogP contribution is -2.51. The third-order valence-corrected chi connectivity index (χ3v) is 8.59. The van der Waals surface area contributed by atoms with Gasteiger partial charge in [0.2, 0.25) is 5.91 Å². The van der Waals surface area contributed by atoms with E-state index in [0.29, 0.717) is 37.4 Å². The van der Waals surface area contributed by atoms with Crippen molar-refractivity contribution in [3.63, 3.8) is 0 Å². The number of aromatic nitrogens is 1. The average molecular weight is 658 g/mol. The summed E-state index contributed by atoms with van der Waals surface area (Å²) in [5.41, 5.74) is 5.14. The molecule has 1 saturated heterocycles. The predicted molar refractivity (Wildman–Crippen MR) is 177 cm³/mol. The lowest BCUT2D eigenvalue weighted by atomic mass is 9.92. The summed E-state index contributed by atoms with van der Waals surface area (Å²) in [7, 11) is 1.89. The number of hydrogen-bond acceptors (Lipinski definition) is 7. The number of phenolic OH excluding ortho intramolecular Hbond substituents is 1. The summed E-state index contributed by atoms with van der Waals surface area (Å²) in [5.74, 6) is -0.0264. The Morgan fingerprint density at radius 2 is 1.87 bits per heavy atom. The van der Waals surface area contributed by atoms with E-state index in [1.165, 1.54) is 12.5 Å². The Hall–Kier alpha value is -4.11. The van der Waals surface area contributed by atoms with Crippen LogP contribution in [0.3, 0.4) is 0 Å². The van der Waals surface area contributed by atoms with Crippen molar-refractivity contribution in [1.29, 1.82) is 0 Å². The second kappa shape index (κ2) is 15.9. The van der Waals surface area contributed by atoms with E-state index in [1.807, 2.05) is 30.1 Å². The number of alkyl halides is 3. The van der Waals surface area contributed by atoms with Crippen molar-refractivity contribution in [2.24, 2.45) is 0 Å². The fourth-order valence-corrected chi connectivity index (χ4v) is 6.29. The first-order valence-electron chi connectivity index (χ1n) is 15.2. The smallest absolute Gasteiger partial charge is 0.447 e. The van der Waals surface area contributed by atoms with E-state index in [9.17, 15) is 27.9 Å². The summed E-state index contributed by atoms with van der Waals surface area (Å²) in [6.07, 6.45) is 15.6. The van der Waals surface area contributed by atoms with E-state index in [4.69, 9.17) is 5.73 Å². The summed E-state index contributed by atoms with van der Waals surface area (Å²) in [6.45, 7) is 8.85. The van der Waals surface area contributed by atoms with E-state index in [0.717, 1.165) is 41.9 Å². The monoisotopic (exact) mass is 657 g/mol. The second-order valence-corrected chi connectivity index (χ2v) is 12.4. The molecule has 5 rings (SSSR count). The largest absolute Gasteiger partial charge is 0.506 e. The van der Waals surface area contributed by atoms with Crippen molar-refractivity contribution in [3.8, 4) is 18.6 Å². The van der Waals surface area contributed by atoms with Gasteiger partial charge in [-0.15, -0.1) is 12.8 Å². The standard InChI is InChI=1S/C29H32F3N5O3S.C3H8.C2H2/c1-3-27(39)36-11-4-5-19-22(35(2)23-9-8-18(13-25(23)38)17-6-7-17)10-12-37(24(19)16-36)28(40)20-15-34-26(14-21(20)33)41-29(30,31)32;1-3-2;1-2/h3,8-9,13-15,17,24,38H,1,4-7,10-12,16H2,2H3,(H2,33,34);3H2,1-2H3;1-2H. The quantitative estimate of drug-likeness (QED) is 0.197. The van der Waals surface area contributed by atoms with Crippen LogP contribution in [0.1, 0.15) is 74.2 Å². The van der Waals surface area contributed by atoms with Crippen LogP contribution in [0.2, 0.25) is 0 Å². The summed E-state index contributed by atoms with van der Waals surface area (Å²) in [5, 5.41) is 10.5. The Bertz CT molecular complexity index is 1470. The maximum atomic E-state index is 13.8. The molecule has 1 saturated carbocycles. The van der Waals surface area contributed by atoms with Gasteiger partial charge in [0, 0.05) is 62.4 Å². The Morgan fingerprint density at radius 3 is 2.43 bits per heavy atom. The molecule has 3 heterocycles. The number of benzene rings is 1. The minimum absolute atomic E-state index is 0.00633. The van der Waals surface area contributed by atoms with Gasteiger partial charge in [-0.2, -0.15) is 13.2 Å². The van der Waals surface area contributed by atoms with Crippen LogP contribution in [-0.2, 0) is 4.79 Å². The SMILES string of the molecule is C#C.C=CC(=O)N1CCCC2=C(N(C)c3ccc(C4CC4)cc3O)CCN(C(=O)c3cnc(SC(F)(F)F)cc3N)C2C1.CCC. The number of nitrogens with two attached hydrogens (primary N) is 1. The molecule has 0 spiro atoms. The maximum absolute atomic E-state index is 13.8. The highest BCUT2D eigenvalue weighted by Gasteiger charge is 2.39. The van der Waals surface area contributed by atoms with Crippen LogP contribution in [0.4, 0.5) is 24.5 Å². The van der Waals surface area contributed by atoms with Crippen LogP contribution in [0.5, 0.6) is 5.75 Å². The van der Waals surface area contributed by atoms with E-state index < -0.39 is 29.2 Å². The number of halogens is 3. The molecule has 2 amide bonds. The van der Waals surface area contributed by atoms with Crippen LogP contribution < -0.4 is 10.6 Å². The minimum atomic E-state index is -4.53. The average Bonchev–Trinajstić information content (AvgIpc) is 3.88. The summed E-state index contributed by atoms with van der Waals surface area (Å²) < 4.78 is 38.5. The molecule has 1 aromatic carbocycles. The van der Waals surface area contributed by atoms with Crippen molar-refractivity contribution in [2.75, 3.05) is 37.3 Å². The molecular formula is C34H42F3N5O3S. The molecule has 3 N–H and O–H groups in total. The first-order chi connectivity index (χ1) is 21.9. The number of terminal acetylenes is 1. The first kappa shape index (κ1) is 36.4. The van der Waals surface area contributed by atoms with E-state index in [1.54, 1.807) is 9.80 Å². The molecule has 46 heavy (non-hydrogen) atoms. The van der Waals surface area contributed by atoms with Crippen LogP contribution in [0.15, 0.2) is 59.4 Å². The van der Waals surface area contributed by atoms with Gasteiger partial charge in [-0.25, -0.2) is 4.98 Å². The van der Waals surface area contributed by atoms with E-state index in [2.05, 4.69) is 38.3 Å². The van der Waals surface area contributed by atoms with Crippen molar-refractivity contribution in [3.05, 3.63) is 65.5 Å². The van der Waals surface area contributed by atoms with Crippen LogP contribution in [0, 0.1) is 12.8 Å². The molecular weight excluding hydrogens is 615 g/mol. The van der Waals surface area contributed by atoms with Gasteiger partial charge < -0.3 is 25.5 Å². The number of nitrogen functional groups attached to an aromatic ring is 1. The number of pyridine rings is 1. The topological polar surface area (TPSA) is 103 Å². The molecule has 12 heteroatoms. The number of carbonyl (C=O) groups is 2. The fraction of sp³-hybridized carbons (Fsp3) is 0.441. The molecule has 1 aromatic heterocycles. The van der Waals surface area contributed by atoms with Gasteiger partial charge in [0.05, 0.1) is 17.3 Å². The summed E-state index contributed by atoms with van der Waals surface area (Å²) in [4.78, 5) is 35.5. The van der Waals surface area contributed by atoms with Crippen molar-refractivity contribution < 1.29 is 27.9 Å². The van der Waals surface area contributed by atoms with Gasteiger partial charge in [-0.3, -0.25) is 9.59 Å². The number of hydrogen-bond donors (Lipinski definition) is 2. The van der Waals surface area contributed by atoms with Gasteiger partial charge in [0.1, 0.15) is 10.8 Å². The number of thioether (sulfide) groups is 1. The van der Waals surface area contributed by atoms with Gasteiger partial charge in [-0.1, -0.05) is 32.9 Å². The fourth-order valence-electron chi connectivity index (χ4n) is 5.76. The lowest BCUT2D eigenvalue weighted by molar-refractivity contribution is -0.126. The van der Waals surface area contributed by atoms with Crippen LogP contribution >= 0.6 is 11.8 Å². The molecule has 1 unspecified atom stereocenters. The molecule has 8 nitrogen and oxygen atoms in total. The zero-order valence-corrected chi connectivity index (χ0v) is 27.3. The van der Waals surface area contributed by atoms with Crippen molar-refractivity contribution in [1.82, 2.24) is 14.8 Å².